The first-order valence-corrected chi connectivity index (χ1v) is 7.16. The van der Waals surface area contributed by atoms with Crippen molar-refractivity contribution in [1.29, 1.82) is 0 Å². The number of nitrogens with zero attached hydrogens (tertiary/aromatic N) is 2. The van der Waals surface area contributed by atoms with Gasteiger partial charge >= 0.3 is 5.69 Å². The predicted octanol–water partition coefficient (Wildman–Crippen LogP) is 0.549. The number of hydrogen-bond donors (Lipinski definition) is 1. The van der Waals surface area contributed by atoms with Gasteiger partial charge in [-0.15, -0.1) is 0 Å². The van der Waals surface area contributed by atoms with Gasteiger partial charge < -0.3 is 9.88 Å². The Morgan fingerprint density at radius 1 is 1.24 bits per heavy atom. The zero-order valence-corrected chi connectivity index (χ0v) is 12.3. The van der Waals surface area contributed by atoms with Gasteiger partial charge in [0.15, 0.2) is 0 Å². The zero-order chi connectivity index (χ0) is 15.0. The van der Waals surface area contributed by atoms with Crippen molar-refractivity contribution in [2.45, 2.75) is 26.4 Å². The lowest BCUT2D eigenvalue weighted by molar-refractivity contribution is 0.540. The SMILES string of the molecule is Cc1ccccc1Cn1c(=O)c2c(n(C)c1=O)CCNC2. The number of fused-ring (bicyclic) bond motifs is 1. The summed E-state index contributed by atoms with van der Waals surface area (Å²) in [6, 6.07) is 7.83. The Balaban J connectivity index is 2.16. The van der Waals surface area contributed by atoms with E-state index in [2.05, 4.69) is 5.32 Å². The van der Waals surface area contributed by atoms with E-state index in [0.717, 1.165) is 35.3 Å². The molecule has 0 bridgehead atoms. The van der Waals surface area contributed by atoms with E-state index >= 15 is 0 Å². The molecular weight excluding hydrogens is 266 g/mol. The van der Waals surface area contributed by atoms with Crippen LogP contribution in [0.15, 0.2) is 33.9 Å². The lowest BCUT2D eigenvalue weighted by atomic mass is 10.1. The number of hydrogen-bond acceptors (Lipinski definition) is 3. The highest BCUT2D eigenvalue weighted by atomic mass is 16.2. The third kappa shape index (κ3) is 2.34. The maximum absolute atomic E-state index is 12.6. The van der Waals surface area contributed by atoms with Gasteiger partial charge in [-0.25, -0.2) is 4.79 Å². The van der Waals surface area contributed by atoms with E-state index in [1.54, 1.807) is 11.6 Å². The van der Waals surface area contributed by atoms with Crippen LogP contribution in [0.4, 0.5) is 0 Å². The number of aryl methyl sites for hydroxylation is 1. The normalized spacial score (nSPS) is 14.0. The zero-order valence-electron chi connectivity index (χ0n) is 12.3. The first-order valence-electron chi connectivity index (χ1n) is 7.16. The van der Waals surface area contributed by atoms with Gasteiger partial charge in [0.05, 0.1) is 12.1 Å². The molecule has 0 unspecified atom stereocenters. The maximum atomic E-state index is 12.6. The molecule has 110 valence electrons. The molecule has 1 N–H and O–H groups in total. The Labute approximate surface area is 122 Å². The Kier molecular flexibility index (Phi) is 3.51. The Morgan fingerprint density at radius 3 is 2.76 bits per heavy atom. The average molecular weight is 285 g/mol. The molecule has 2 heterocycles. The second kappa shape index (κ2) is 5.33. The Bertz CT molecular complexity index is 802. The van der Waals surface area contributed by atoms with Crippen molar-refractivity contribution in [1.82, 2.24) is 14.5 Å². The molecule has 0 saturated carbocycles. The van der Waals surface area contributed by atoms with Gasteiger partial charge in [0.25, 0.3) is 5.56 Å². The minimum Gasteiger partial charge on any atom is -0.312 e. The van der Waals surface area contributed by atoms with Crippen molar-refractivity contribution >= 4 is 0 Å². The van der Waals surface area contributed by atoms with Gasteiger partial charge in [0.1, 0.15) is 0 Å². The van der Waals surface area contributed by atoms with Gasteiger partial charge in [0.2, 0.25) is 0 Å². The first-order chi connectivity index (χ1) is 10.1. The summed E-state index contributed by atoms with van der Waals surface area (Å²) in [5.74, 6) is 0. The van der Waals surface area contributed by atoms with E-state index in [1.807, 2.05) is 31.2 Å². The molecule has 0 amide bonds. The highest BCUT2D eigenvalue weighted by Crippen LogP contribution is 2.10. The molecule has 2 aromatic rings. The van der Waals surface area contributed by atoms with E-state index in [9.17, 15) is 9.59 Å². The summed E-state index contributed by atoms with van der Waals surface area (Å²) in [5.41, 5.74) is 3.27. The summed E-state index contributed by atoms with van der Waals surface area (Å²) in [6.07, 6.45) is 0.724. The van der Waals surface area contributed by atoms with Crippen molar-refractivity contribution in [3.63, 3.8) is 0 Å². The highest BCUT2D eigenvalue weighted by Gasteiger charge is 2.19. The summed E-state index contributed by atoms with van der Waals surface area (Å²) in [4.78, 5) is 25.1. The fourth-order valence-electron chi connectivity index (χ4n) is 2.89. The van der Waals surface area contributed by atoms with Crippen LogP contribution >= 0.6 is 0 Å². The summed E-state index contributed by atoms with van der Waals surface area (Å²) in [6.45, 7) is 3.66. The Hall–Kier alpha value is -2.14. The molecule has 0 saturated heterocycles. The van der Waals surface area contributed by atoms with Gasteiger partial charge in [-0.05, 0) is 18.1 Å². The largest absolute Gasteiger partial charge is 0.331 e. The second-order valence-electron chi connectivity index (χ2n) is 5.51. The minimum atomic E-state index is -0.232. The molecule has 1 aliphatic heterocycles. The predicted molar refractivity (Wildman–Crippen MR) is 81.6 cm³/mol. The van der Waals surface area contributed by atoms with E-state index in [-0.39, 0.29) is 11.2 Å². The van der Waals surface area contributed by atoms with Crippen LogP contribution in [-0.2, 0) is 26.6 Å². The molecule has 5 heteroatoms. The number of aromatic nitrogens is 2. The Morgan fingerprint density at radius 2 is 2.00 bits per heavy atom. The highest BCUT2D eigenvalue weighted by molar-refractivity contribution is 5.27. The molecule has 21 heavy (non-hydrogen) atoms. The second-order valence-corrected chi connectivity index (χ2v) is 5.51. The summed E-state index contributed by atoms with van der Waals surface area (Å²) in [5, 5.41) is 3.20. The number of nitrogens with one attached hydrogen (secondary N) is 1. The van der Waals surface area contributed by atoms with Crippen molar-refractivity contribution in [3.8, 4) is 0 Å². The van der Waals surface area contributed by atoms with Crippen LogP contribution in [0.3, 0.4) is 0 Å². The maximum Gasteiger partial charge on any atom is 0.331 e. The third-order valence-corrected chi connectivity index (χ3v) is 4.20. The molecule has 1 aromatic heterocycles. The minimum absolute atomic E-state index is 0.163. The lowest BCUT2D eigenvalue weighted by Crippen LogP contribution is -2.46. The van der Waals surface area contributed by atoms with Crippen LogP contribution in [0.1, 0.15) is 22.4 Å². The van der Waals surface area contributed by atoms with Gasteiger partial charge in [-0.2, -0.15) is 0 Å². The average Bonchev–Trinajstić information content (AvgIpc) is 2.51. The van der Waals surface area contributed by atoms with Crippen LogP contribution in [0.2, 0.25) is 0 Å². The molecule has 5 nitrogen and oxygen atoms in total. The van der Waals surface area contributed by atoms with Gasteiger partial charge in [-0.1, -0.05) is 24.3 Å². The van der Waals surface area contributed by atoms with Crippen molar-refractivity contribution in [2.75, 3.05) is 6.54 Å². The number of rotatable bonds is 2. The quantitative estimate of drug-likeness (QED) is 0.876. The smallest absolute Gasteiger partial charge is 0.312 e. The molecule has 0 aliphatic carbocycles. The van der Waals surface area contributed by atoms with Crippen LogP contribution < -0.4 is 16.6 Å². The van der Waals surface area contributed by atoms with E-state index in [1.165, 1.54) is 4.57 Å². The van der Waals surface area contributed by atoms with E-state index in [0.29, 0.717) is 13.1 Å². The van der Waals surface area contributed by atoms with Gasteiger partial charge in [-0.3, -0.25) is 9.36 Å². The molecule has 0 fully saturated rings. The first kappa shape index (κ1) is 13.8. The van der Waals surface area contributed by atoms with Crippen LogP contribution in [0, 0.1) is 6.92 Å². The monoisotopic (exact) mass is 285 g/mol. The van der Waals surface area contributed by atoms with Crippen LogP contribution in [0.25, 0.3) is 0 Å². The molecule has 1 aliphatic rings. The molecule has 0 spiro atoms. The summed E-state index contributed by atoms with van der Waals surface area (Å²) in [7, 11) is 1.75. The fraction of sp³-hybridized carbons (Fsp3) is 0.375. The van der Waals surface area contributed by atoms with E-state index in [4.69, 9.17) is 0 Å². The van der Waals surface area contributed by atoms with E-state index < -0.39 is 0 Å². The summed E-state index contributed by atoms with van der Waals surface area (Å²) < 4.78 is 2.96. The fourth-order valence-corrected chi connectivity index (χ4v) is 2.89. The van der Waals surface area contributed by atoms with Crippen molar-refractivity contribution in [2.24, 2.45) is 7.05 Å². The molecular formula is C16H19N3O2. The van der Waals surface area contributed by atoms with Crippen molar-refractivity contribution in [3.05, 3.63) is 67.5 Å². The van der Waals surface area contributed by atoms with Crippen LogP contribution in [0.5, 0.6) is 0 Å². The molecule has 3 rings (SSSR count). The lowest BCUT2D eigenvalue weighted by Gasteiger charge is -2.21. The molecule has 0 radical (unpaired) electrons. The van der Waals surface area contributed by atoms with Crippen LogP contribution in [-0.4, -0.2) is 15.7 Å². The number of benzene rings is 1. The topological polar surface area (TPSA) is 56.0 Å². The molecule has 0 atom stereocenters. The standard InChI is InChI=1S/C16H19N3O2/c1-11-5-3-4-6-12(11)10-19-15(20)13-9-17-8-7-14(13)18(2)16(19)21/h3-6,17H,7-10H2,1-2H3. The van der Waals surface area contributed by atoms with Crippen molar-refractivity contribution < 1.29 is 0 Å². The van der Waals surface area contributed by atoms with Gasteiger partial charge in [0, 0.05) is 32.3 Å². The third-order valence-electron chi connectivity index (χ3n) is 4.20. The summed E-state index contributed by atoms with van der Waals surface area (Å²) >= 11 is 0. The molecule has 1 aromatic carbocycles.